The molecule has 2 aromatic heterocycles. The van der Waals surface area contributed by atoms with Crippen molar-refractivity contribution in [3.8, 4) is 11.4 Å². The van der Waals surface area contributed by atoms with Crippen molar-refractivity contribution in [2.24, 2.45) is 11.8 Å². The van der Waals surface area contributed by atoms with Crippen LogP contribution in [0.4, 0.5) is 0 Å². The number of hydrogen-bond donors (Lipinski definition) is 0. The number of carbonyl (C=O) groups excluding carboxylic acids is 1. The molecule has 0 spiro atoms. The maximum Gasteiger partial charge on any atom is 0.233 e. The summed E-state index contributed by atoms with van der Waals surface area (Å²) in [5, 5.41) is 9.98. The molecule has 1 amide bonds. The molecule has 184 valence electrons. The molecule has 3 aromatic rings. The molecule has 2 aliphatic rings. The first-order valence-electron chi connectivity index (χ1n) is 13.0. The molecule has 0 unspecified atom stereocenters. The van der Waals surface area contributed by atoms with Gasteiger partial charge in [-0.1, -0.05) is 61.9 Å². The fourth-order valence-electron chi connectivity index (χ4n) is 5.60. The van der Waals surface area contributed by atoms with Crippen LogP contribution < -0.4 is 0 Å². The maximum atomic E-state index is 13.1. The number of rotatable bonds is 7. The lowest BCUT2D eigenvalue weighted by atomic mass is 9.85. The quantitative estimate of drug-likeness (QED) is 0.401. The summed E-state index contributed by atoms with van der Waals surface area (Å²) in [4.78, 5) is 19.4. The number of nitrogens with zero attached hydrogens (tertiary/aromatic N) is 5. The Hall–Kier alpha value is -2.67. The van der Waals surface area contributed by atoms with Crippen LogP contribution >= 0.6 is 11.8 Å². The van der Waals surface area contributed by atoms with E-state index >= 15 is 0 Å². The third-order valence-corrected chi connectivity index (χ3v) is 8.57. The highest BCUT2D eigenvalue weighted by Crippen LogP contribution is 2.39. The van der Waals surface area contributed by atoms with Crippen LogP contribution in [0.2, 0.25) is 0 Å². The third kappa shape index (κ3) is 5.77. The van der Waals surface area contributed by atoms with E-state index in [9.17, 15) is 4.79 Å². The summed E-state index contributed by atoms with van der Waals surface area (Å²) in [5.41, 5.74) is 2.38. The molecule has 1 aliphatic heterocycles. The van der Waals surface area contributed by atoms with Gasteiger partial charge >= 0.3 is 0 Å². The van der Waals surface area contributed by atoms with Gasteiger partial charge in [0.25, 0.3) is 0 Å². The van der Waals surface area contributed by atoms with Gasteiger partial charge in [0.2, 0.25) is 5.91 Å². The number of hydrogen-bond acceptors (Lipinski definition) is 5. The van der Waals surface area contributed by atoms with E-state index in [1.807, 2.05) is 23.2 Å². The molecule has 1 saturated carbocycles. The third-order valence-electron chi connectivity index (χ3n) is 7.64. The largest absolute Gasteiger partial charge is 0.342 e. The lowest BCUT2D eigenvalue weighted by Crippen LogP contribution is -2.39. The van der Waals surface area contributed by atoms with E-state index < -0.39 is 0 Å². The fourth-order valence-corrected chi connectivity index (χ4v) is 6.49. The second kappa shape index (κ2) is 11.4. The van der Waals surface area contributed by atoms with Crippen LogP contribution in [0.3, 0.4) is 0 Å². The van der Waals surface area contributed by atoms with Crippen LogP contribution in [0, 0.1) is 11.8 Å². The number of amides is 1. The predicted octanol–water partition coefficient (Wildman–Crippen LogP) is 5.66. The SMILES string of the molecule is C[C@H]1CCCC[C@@H]1n1c(SCC(=O)N2CCC(Cc3ccccc3)CC2)nnc1-c1cccnc1. The van der Waals surface area contributed by atoms with E-state index in [1.165, 1.54) is 24.8 Å². The van der Waals surface area contributed by atoms with E-state index in [1.54, 1.807) is 18.0 Å². The Morgan fingerprint density at radius 3 is 2.54 bits per heavy atom. The van der Waals surface area contributed by atoms with Crippen LogP contribution in [0.15, 0.2) is 60.0 Å². The Morgan fingerprint density at radius 1 is 1.00 bits per heavy atom. The summed E-state index contributed by atoms with van der Waals surface area (Å²) >= 11 is 1.54. The van der Waals surface area contributed by atoms with Crippen molar-refractivity contribution in [2.75, 3.05) is 18.8 Å². The zero-order valence-electron chi connectivity index (χ0n) is 20.6. The highest BCUT2D eigenvalue weighted by Gasteiger charge is 2.30. The zero-order valence-corrected chi connectivity index (χ0v) is 21.4. The molecule has 2 fully saturated rings. The molecule has 0 radical (unpaired) electrons. The van der Waals surface area contributed by atoms with Crippen molar-refractivity contribution in [3.05, 3.63) is 60.4 Å². The number of benzene rings is 1. The minimum atomic E-state index is 0.210. The van der Waals surface area contributed by atoms with Crippen molar-refractivity contribution in [3.63, 3.8) is 0 Å². The standard InChI is InChI=1S/C28H35N5OS/c1-21-8-5-6-12-25(21)33-27(24-11-7-15-29-19-24)30-31-28(33)35-20-26(34)32-16-13-23(14-17-32)18-22-9-3-2-4-10-22/h2-4,7,9-11,15,19,21,23,25H,5-6,8,12-14,16-18,20H2,1H3/t21-,25-/m0/s1. The van der Waals surface area contributed by atoms with Crippen LogP contribution in [0.25, 0.3) is 11.4 Å². The molecular weight excluding hydrogens is 454 g/mol. The van der Waals surface area contributed by atoms with E-state index in [0.717, 1.165) is 55.3 Å². The average molecular weight is 490 g/mol. The van der Waals surface area contributed by atoms with Gasteiger partial charge in [-0.2, -0.15) is 0 Å². The molecule has 3 heterocycles. The number of pyridine rings is 1. The highest BCUT2D eigenvalue weighted by atomic mass is 32.2. The summed E-state index contributed by atoms with van der Waals surface area (Å²) in [6.45, 7) is 4.03. The van der Waals surface area contributed by atoms with Gasteiger partial charge in [-0.25, -0.2) is 0 Å². The molecule has 1 saturated heterocycles. The molecular formula is C28H35N5OS. The minimum absolute atomic E-state index is 0.210. The average Bonchev–Trinajstić information content (AvgIpc) is 3.33. The molecule has 0 N–H and O–H groups in total. The Labute approximate surface area is 212 Å². The van der Waals surface area contributed by atoms with Gasteiger partial charge in [0.15, 0.2) is 11.0 Å². The maximum absolute atomic E-state index is 13.1. The summed E-state index contributed by atoms with van der Waals surface area (Å²) in [7, 11) is 0. The number of aromatic nitrogens is 4. The van der Waals surface area contributed by atoms with Crippen molar-refractivity contribution in [1.82, 2.24) is 24.6 Å². The van der Waals surface area contributed by atoms with Crippen LogP contribution in [-0.4, -0.2) is 49.4 Å². The van der Waals surface area contributed by atoms with E-state index in [4.69, 9.17) is 0 Å². The first-order valence-corrected chi connectivity index (χ1v) is 14.0. The zero-order chi connectivity index (χ0) is 24.0. The van der Waals surface area contributed by atoms with E-state index in [-0.39, 0.29) is 5.91 Å². The lowest BCUT2D eigenvalue weighted by Gasteiger charge is -2.33. The van der Waals surface area contributed by atoms with Crippen LogP contribution in [-0.2, 0) is 11.2 Å². The van der Waals surface area contributed by atoms with Crippen molar-refractivity contribution >= 4 is 17.7 Å². The summed E-state index contributed by atoms with van der Waals surface area (Å²) in [6.07, 6.45) is 11.7. The molecule has 35 heavy (non-hydrogen) atoms. The first kappa shape index (κ1) is 24.0. The predicted molar refractivity (Wildman–Crippen MR) is 140 cm³/mol. The van der Waals surface area contributed by atoms with Gasteiger partial charge in [-0.05, 0) is 61.6 Å². The molecule has 2 atom stereocenters. The van der Waals surface area contributed by atoms with Crippen molar-refractivity contribution in [2.45, 2.75) is 63.1 Å². The lowest BCUT2D eigenvalue weighted by molar-refractivity contribution is -0.129. The summed E-state index contributed by atoms with van der Waals surface area (Å²) in [6, 6.07) is 15.0. The summed E-state index contributed by atoms with van der Waals surface area (Å²) in [5.74, 6) is 2.71. The Morgan fingerprint density at radius 2 is 1.80 bits per heavy atom. The molecule has 0 bridgehead atoms. The summed E-state index contributed by atoms with van der Waals surface area (Å²) < 4.78 is 2.30. The minimum Gasteiger partial charge on any atom is -0.342 e. The first-order chi connectivity index (χ1) is 17.2. The second-order valence-electron chi connectivity index (χ2n) is 10.0. The number of piperidine rings is 1. The number of carbonyl (C=O) groups is 1. The molecule has 1 aliphatic carbocycles. The fraction of sp³-hybridized carbons (Fsp3) is 0.500. The van der Waals surface area contributed by atoms with Gasteiger partial charge in [-0.3, -0.25) is 14.3 Å². The highest BCUT2D eigenvalue weighted by molar-refractivity contribution is 7.99. The van der Waals surface area contributed by atoms with Gasteiger partial charge < -0.3 is 4.90 Å². The normalized spacial score (nSPS) is 21.2. The van der Waals surface area contributed by atoms with Crippen molar-refractivity contribution in [1.29, 1.82) is 0 Å². The van der Waals surface area contributed by atoms with Crippen LogP contribution in [0.5, 0.6) is 0 Å². The smallest absolute Gasteiger partial charge is 0.233 e. The van der Waals surface area contributed by atoms with Gasteiger partial charge in [0.1, 0.15) is 0 Å². The van der Waals surface area contributed by atoms with E-state index in [2.05, 4.69) is 57.0 Å². The number of thioether (sulfide) groups is 1. The Kier molecular flexibility index (Phi) is 7.82. The van der Waals surface area contributed by atoms with E-state index in [0.29, 0.717) is 23.6 Å². The molecule has 5 rings (SSSR count). The van der Waals surface area contributed by atoms with Gasteiger partial charge in [0, 0.05) is 37.1 Å². The van der Waals surface area contributed by atoms with Gasteiger partial charge in [-0.15, -0.1) is 10.2 Å². The molecule has 1 aromatic carbocycles. The number of likely N-dealkylation sites (tertiary alicyclic amines) is 1. The molecule has 6 nitrogen and oxygen atoms in total. The Balaban J connectivity index is 1.23. The second-order valence-corrected chi connectivity index (χ2v) is 11.0. The van der Waals surface area contributed by atoms with Gasteiger partial charge in [0.05, 0.1) is 5.75 Å². The molecule has 7 heteroatoms. The van der Waals surface area contributed by atoms with Crippen LogP contribution in [0.1, 0.15) is 57.1 Å². The van der Waals surface area contributed by atoms with Crippen molar-refractivity contribution < 1.29 is 4.79 Å². The monoisotopic (exact) mass is 489 g/mol. The topological polar surface area (TPSA) is 63.9 Å². The Bertz CT molecular complexity index is 1100.